The van der Waals surface area contributed by atoms with Gasteiger partial charge in [-0.15, -0.1) is 0 Å². The number of hydrogen-bond donors (Lipinski definition) is 2. The van der Waals surface area contributed by atoms with Crippen molar-refractivity contribution in [2.45, 2.75) is 33.1 Å². The van der Waals surface area contributed by atoms with Crippen LogP contribution in [0.15, 0.2) is 0 Å². The Morgan fingerprint density at radius 2 is 1.31 bits per heavy atom. The van der Waals surface area contributed by atoms with Crippen molar-refractivity contribution in [2.75, 3.05) is 65.9 Å². The molecule has 0 radical (unpaired) electrons. The summed E-state index contributed by atoms with van der Waals surface area (Å²) in [5.74, 6) is 0.143. The first-order valence-electron chi connectivity index (χ1n) is 9.38. The van der Waals surface area contributed by atoms with Gasteiger partial charge in [0.15, 0.2) is 0 Å². The first-order chi connectivity index (χ1) is 12.6. The lowest BCUT2D eigenvalue weighted by Crippen LogP contribution is -2.28. The molecule has 8 nitrogen and oxygen atoms in total. The number of nitrogens with one attached hydrogen (secondary N) is 1. The average Bonchev–Trinajstić information content (AvgIpc) is 2.62. The smallest absolute Gasteiger partial charge is 0.222 e. The second-order valence-electron chi connectivity index (χ2n) is 6.08. The van der Waals surface area contributed by atoms with Crippen molar-refractivity contribution in [3.8, 4) is 0 Å². The Labute approximate surface area is 157 Å². The fraction of sp³-hybridized carbons (Fsp3) is 0.889. The molecule has 0 heterocycles. The summed E-state index contributed by atoms with van der Waals surface area (Å²) in [6.45, 7) is 8.71. The van der Waals surface area contributed by atoms with Gasteiger partial charge in [0, 0.05) is 31.8 Å². The van der Waals surface area contributed by atoms with E-state index in [0.717, 1.165) is 0 Å². The Morgan fingerprint density at radius 1 is 0.808 bits per heavy atom. The Morgan fingerprint density at radius 3 is 1.81 bits per heavy atom. The van der Waals surface area contributed by atoms with Crippen molar-refractivity contribution in [3.05, 3.63) is 0 Å². The van der Waals surface area contributed by atoms with E-state index in [1.165, 1.54) is 0 Å². The molecule has 3 N–H and O–H groups in total. The molecule has 0 saturated carbocycles. The molecule has 26 heavy (non-hydrogen) atoms. The van der Waals surface area contributed by atoms with Crippen molar-refractivity contribution in [3.63, 3.8) is 0 Å². The van der Waals surface area contributed by atoms with Gasteiger partial charge in [-0.3, -0.25) is 9.59 Å². The highest BCUT2D eigenvalue weighted by atomic mass is 16.6. The number of carbonyl (C=O) groups excluding carboxylic acids is 2. The molecule has 8 heteroatoms. The summed E-state index contributed by atoms with van der Waals surface area (Å²) in [6, 6.07) is 0. The highest BCUT2D eigenvalue weighted by molar-refractivity contribution is 5.79. The van der Waals surface area contributed by atoms with Crippen LogP contribution >= 0.6 is 0 Å². The third-order valence-electron chi connectivity index (χ3n) is 3.36. The lowest BCUT2D eigenvalue weighted by molar-refractivity contribution is -0.124. The summed E-state index contributed by atoms with van der Waals surface area (Å²) in [5, 5.41) is 2.79. The fourth-order valence-electron chi connectivity index (χ4n) is 1.86. The van der Waals surface area contributed by atoms with Crippen LogP contribution in [0.1, 0.15) is 33.1 Å². The van der Waals surface area contributed by atoms with Crippen molar-refractivity contribution in [1.29, 1.82) is 0 Å². The van der Waals surface area contributed by atoms with E-state index in [0.29, 0.717) is 85.2 Å². The predicted octanol–water partition coefficient (Wildman–Crippen LogP) is 0.523. The van der Waals surface area contributed by atoms with Crippen LogP contribution in [0.25, 0.3) is 0 Å². The van der Waals surface area contributed by atoms with Crippen LogP contribution < -0.4 is 11.1 Å². The number of amides is 1. The van der Waals surface area contributed by atoms with Gasteiger partial charge in [-0.1, -0.05) is 13.8 Å². The normalized spacial score (nSPS) is 11.1. The summed E-state index contributed by atoms with van der Waals surface area (Å²) in [6.07, 6.45) is 1.52. The molecule has 0 aliphatic rings. The minimum absolute atomic E-state index is 0.0195. The number of ether oxygens (including phenoxy) is 4. The molecule has 0 saturated heterocycles. The van der Waals surface area contributed by atoms with E-state index in [2.05, 4.69) is 5.32 Å². The summed E-state index contributed by atoms with van der Waals surface area (Å²) in [4.78, 5) is 23.0. The number of rotatable bonds is 19. The molecule has 0 aliphatic heterocycles. The van der Waals surface area contributed by atoms with Crippen molar-refractivity contribution in [1.82, 2.24) is 5.32 Å². The van der Waals surface area contributed by atoms with Crippen LogP contribution in [-0.4, -0.2) is 77.6 Å². The van der Waals surface area contributed by atoms with Crippen LogP contribution in [0.5, 0.6) is 0 Å². The second-order valence-corrected chi connectivity index (χ2v) is 6.08. The SMILES string of the molecule is CC(C)C(=O)NCCCC(=O)CCOCCOCCOCCOCCN. The number of hydrogen-bond acceptors (Lipinski definition) is 7. The van der Waals surface area contributed by atoms with Gasteiger partial charge >= 0.3 is 0 Å². The molecule has 0 unspecified atom stereocenters. The Hall–Kier alpha value is -1.06. The summed E-state index contributed by atoms with van der Waals surface area (Å²) in [7, 11) is 0. The molecule has 0 atom stereocenters. The number of Topliss-reactive ketones (excluding diaryl/α,β-unsaturated/α-hetero) is 1. The quantitative estimate of drug-likeness (QED) is 0.316. The first kappa shape index (κ1) is 24.9. The van der Waals surface area contributed by atoms with Crippen molar-refractivity contribution < 1.29 is 28.5 Å². The van der Waals surface area contributed by atoms with Crippen LogP contribution in [0.2, 0.25) is 0 Å². The van der Waals surface area contributed by atoms with Gasteiger partial charge in [0.25, 0.3) is 0 Å². The maximum absolute atomic E-state index is 11.7. The van der Waals surface area contributed by atoms with E-state index in [-0.39, 0.29) is 17.6 Å². The molecular weight excluding hydrogens is 340 g/mol. The zero-order valence-electron chi connectivity index (χ0n) is 16.3. The van der Waals surface area contributed by atoms with Crippen LogP contribution in [0.4, 0.5) is 0 Å². The molecule has 1 amide bonds. The number of nitrogens with two attached hydrogens (primary N) is 1. The van der Waals surface area contributed by atoms with E-state index in [9.17, 15) is 9.59 Å². The summed E-state index contributed by atoms with van der Waals surface area (Å²) < 4.78 is 21.2. The van der Waals surface area contributed by atoms with Gasteiger partial charge in [0.2, 0.25) is 5.91 Å². The minimum atomic E-state index is -0.0248. The van der Waals surface area contributed by atoms with E-state index in [1.807, 2.05) is 13.8 Å². The van der Waals surface area contributed by atoms with E-state index in [4.69, 9.17) is 24.7 Å². The lowest BCUT2D eigenvalue weighted by atomic mass is 10.1. The first-order valence-corrected chi connectivity index (χ1v) is 9.38. The molecule has 0 aromatic rings. The van der Waals surface area contributed by atoms with E-state index < -0.39 is 0 Å². The van der Waals surface area contributed by atoms with Crippen LogP contribution in [-0.2, 0) is 28.5 Å². The maximum Gasteiger partial charge on any atom is 0.222 e. The van der Waals surface area contributed by atoms with E-state index in [1.54, 1.807) is 0 Å². The predicted molar refractivity (Wildman–Crippen MR) is 99.0 cm³/mol. The average molecular weight is 376 g/mol. The molecule has 0 aliphatic carbocycles. The van der Waals surface area contributed by atoms with Gasteiger partial charge in [0.1, 0.15) is 5.78 Å². The van der Waals surface area contributed by atoms with E-state index >= 15 is 0 Å². The zero-order valence-corrected chi connectivity index (χ0v) is 16.3. The molecule has 0 fully saturated rings. The van der Waals surface area contributed by atoms with Gasteiger partial charge < -0.3 is 30.0 Å². The molecular formula is C18H36N2O6. The zero-order chi connectivity index (χ0) is 19.5. The fourth-order valence-corrected chi connectivity index (χ4v) is 1.86. The number of carbonyl (C=O) groups is 2. The third-order valence-corrected chi connectivity index (χ3v) is 3.36. The second kappa shape index (κ2) is 18.7. The van der Waals surface area contributed by atoms with Crippen molar-refractivity contribution >= 4 is 11.7 Å². The Balaban J connectivity index is 3.22. The Bertz CT molecular complexity index is 353. The standard InChI is InChI=1S/C18H36N2O6/c1-16(2)18(22)20-7-3-4-17(21)5-8-23-10-12-25-14-15-26-13-11-24-9-6-19/h16H,3-15,19H2,1-2H3,(H,20,22). The largest absolute Gasteiger partial charge is 0.379 e. The highest BCUT2D eigenvalue weighted by Crippen LogP contribution is 1.97. The molecule has 0 aromatic heterocycles. The van der Waals surface area contributed by atoms with Gasteiger partial charge in [-0.2, -0.15) is 0 Å². The minimum Gasteiger partial charge on any atom is -0.379 e. The van der Waals surface area contributed by atoms with Gasteiger partial charge in [-0.05, 0) is 6.42 Å². The topological polar surface area (TPSA) is 109 Å². The maximum atomic E-state index is 11.7. The summed E-state index contributed by atoms with van der Waals surface area (Å²) >= 11 is 0. The molecule has 0 bridgehead atoms. The van der Waals surface area contributed by atoms with Crippen molar-refractivity contribution in [2.24, 2.45) is 11.7 Å². The molecule has 154 valence electrons. The summed E-state index contributed by atoms with van der Waals surface area (Å²) in [5.41, 5.74) is 5.29. The number of ketones is 1. The van der Waals surface area contributed by atoms with Gasteiger partial charge in [-0.25, -0.2) is 0 Å². The molecule has 0 spiro atoms. The van der Waals surface area contributed by atoms with Crippen LogP contribution in [0, 0.1) is 5.92 Å². The molecule has 0 aromatic carbocycles. The highest BCUT2D eigenvalue weighted by Gasteiger charge is 2.06. The monoisotopic (exact) mass is 376 g/mol. The molecule has 0 rings (SSSR count). The van der Waals surface area contributed by atoms with Crippen LogP contribution in [0.3, 0.4) is 0 Å². The third kappa shape index (κ3) is 17.8. The van der Waals surface area contributed by atoms with Gasteiger partial charge in [0.05, 0.1) is 52.9 Å². The lowest BCUT2D eigenvalue weighted by Gasteiger charge is -2.08. The Kier molecular flexibility index (Phi) is 18.0.